The number of aliphatic hydroxyl groups is 2. The molecule has 0 radical (unpaired) electrons. The molecule has 0 aliphatic heterocycles. The van der Waals surface area contributed by atoms with Crippen molar-refractivity contribution in [1.29, 1.82) is 0 Å². The van der Waals surface area contributed by atoms with Gasteiger partial charge in [0.25, 0.3) is 0 Å². The van der Waals surface area contributed by atoms with Gasteiger partial charge in [-0.15, -0.1) is 0 Å². The van der Waals surface area contributed by atoms with Crippen molar-refractivity contribution >= 4 is 5.91 Å². The van der Waals surface area contributed by atoms with Gasteiger partial charge in [-0.25, -0.2) is 0 Å². The lowest BCUT2D eigenvalue weighted by Crippen LogP contribution is -2.45. The molecule has 0 saturated carbocycles. The lowest BCUT2D eigenvalue weighted by Gasteiger charge is -2.22. The Balaban J connectivity index is 3.49. The molecule has 4 nitrogen and oxygen atoms in total. The zero-order valence-corrected chi connectivity index (χ0v) is 39.3. The number of amides is 1. The van der Waals surface area contributed by atoms with Crippen molar-refractivity contribution in [3.8, 4) is 0 Å². The van der Waals surface area contributed by atoms with Gasteiger partial charge in [-0.05, 0) is 64.2 Å². The number of allylic oxidation sites excluding steroid dienone is 12. The summed E-state index contributed by atoms with van der Waals surface area (Å²) in [6, 6.07) is -0.538. The SMILES string of the molecule is CC/C=C\C/C=C\C/C=C\C/C=C\C/C=C\C/C=C\CCCCCCCCCCCCCCCCC(=O)NC(CO)C(O)CCCCCCCCCCCCCCCC. The normalized spacial score (nSPS) is 13.5. The molecule has 59 heavy (non-hydrogen) atoms. The molecule has 0 aromatic heterocycles. The number of rotatable bonds is 46. The molecule has 2 unspecified atom stereocenters. The second-order valence-electron chi connectivity index (χ2n) is 17.2. The summed E-state index contributed by atoms with van der Waals surface area (Å²) in [5.74, 6) is -0.0334. The molecule has 1 amide bonds. The molecule has 0 rings (SSSR count). The van der Waals surface area contributed by atoms with Gasteiger partial charge in [0.1, 0.15) is 0 Å². The van der Waals surface area contributed by atoms with Gasteiger partial charge in [-0.1, -0.05) is 254 Å². The van der Waals surface area contributed by atoms with Gasteiger partial charge in [-0.3, -0.25) is 4.79 Å². The largest absolute Gasteiger partial charge is 0.394 e. The Morgan fingerprint density at radius 1 is 0.424 bits per heavy atom. The highest BCUT2D eigenvalue weighted by Gasteiger charge is 2.20. The maximum absolute atomic E-state index is 12.4. The number of nitrogens with one attached hydrogen (secondary N) is 1. The Hall–Kier alpha value is -2.17. The molecular formula is C55H99NO3. The minimum absolute atomic E-state index is 0.0334. The standard InChI is InChI=1S/C55H99NO3/c1-3-5-7-9-11-13-15-17-19-20-21-22-23-24-25-26-27-28-29-30-31-32-33-34-35-36-37-39-41-43-45-47-49-51-55(59)56-53(52-57)54(58)50-48-46-44-42-40-38-18-16-14-12-10-8-6-4-2/h5,7,11,13,17,19,21-22,24-25,27-28,53-54,57-58H,3-4,6,8-10,12,14-16,18,20,23,26,29-52H2,1-2H3,(H,56,59)/b7-5-,13-11-,19-17-,22-21-,25-24-,28-27-. The fourth-order valence-electron chi connectivity index (χ4n) is 7.60. The molecule has 0 heterocycles. The molecular weight excluding hydrogens is 723 g/mol. The predicted molar refractivity (Wildman–Crippen MR) is 262 cm³/mol. The summed E-state index contributed by atoms with van der Waals surface area (Å²) in [6.45, 7) is 4.25. The minimum Gasteiger partial charge on any atom is -0.394 e. The highest BCUT2D eigenvalue weighted by molar-refractivity contribution is 5.76. The van der Waals surface area contributed by atoms with E-state index in [2.05, 4.69) is 92.1 Å². The fraction of sp³-hybridized carbons (Fsp3) is 0.764. The van der Waals surface area contributed by atoms with Crippen LogP contribution in [0.25, 0.3) is 0 Å². The van der Waals surface area contributed by atoms with Crippen LogP contribution in [0.2, 0.25) is 0 Å². The summed E-state index contributed by atoms with van der Waals surface area (Å²) in [4.78, 5) is 12.4. The average molecular weight is 822 g/mol. The molecule has 0 aliphatic rings. The highest BCUT2D eigenvalue weighted by atomic mass is 16.3. The smallest absolute Gasteiger partial charge is 0.220 e. The summed E-state index contributed by atoms with van der Waals surface area (Å²) in [6.07, 6.45) is 71.5. The number of hydrogen-bond donors (Lipinski definition) is 3. The van der Waals surface area contributed by atoms with Crippen LogP contribution in [0.3, 0.4) is 0 Å². The zero-order chi connectivity index (χ0) is 42.8. The lowest BCUT2D eigenvalue weighted by molar-refractivity contribution is -0.123. The molecule has 4 heteroatoms. The average Bonchev–Trinajstić information content (AvgIpc) is 3.24. The second-order valence-corrected chi connectivity index (χ2v) is 17.2. The Labute approximate surface area is 368 Å². The summed E-state index contributed by atoms with van der Waals surface area (Å²) in [5.41, 5.74) is 0. The third-order valence-electron chi connectivity index (χ3n) is 11.5. The van der Waals surface area contributed by atoms with Gasteiger partial charge in [0.05, 0.1) is 18.8 Å². The first-order valence-electron chi connectivity index (χ1n) is 25.6. The Morgan fingerprint density at radius 3 is 1.12 bits per heavy atom. The minimum atomic E-state index is -0.661. The van der Waals surface area contributed by atoms with E-state index in [0.717, 1.165) is 64.2 Å². The van der Waals surface area contributed by atoms with E-state index in [4.69, 9.17) is 0 Å². The first kappa shape index (κ1) is 56.8. The summed E-state index contributed by atoms with van der Waals surface area (Å²) in [5, 5.41) is 23.2. The van der Waals surface area contributed by atoms with Gasteiger partial charge in [0.2, 0.25) is 5.91 Å². The Kier molecular flexibility index (Phi) is 48.3. The zero-order valence-electron chi connectivity index (χ0n) is 39.3. The van der Waals surface area contributed by atoms with E-state index in [1.807, 2.05) is 0 Å². The fourth-order valence-corrected chi connectivity index (χ4v) is 7.60. The van der Waals surface area contributed by atoms with E-state index >= 15 is 0 Å². The number of carbonyl (C=O) groups is 1. The molecule has 2 atom stereocenters. The molecule has 3 N–H and O–H groups in total. The number of hydrogen-bond acceptors (Lipinski definition) is 3. The lowest BCUT2D eigenvalue weighted by atomic mass is 10.0. The molecule has 0 aliphatic carbocycles. The van der Waals surface area contributed by atoms with Gasteiger partial charge in [0, 0.05) is 6.42 Å². The van der Waals surface area contributed by atoms with E-state index in [0.29, 0.717) is 12.8 Å². The summed E-state index contributed by atoms with van der Waals surface area (Å²) >= 11 is 0. The highest BCUT2D eigenvalue weighted by Crippen LogP contribution is 2.16. The number of aliphatic hydroxyl groups excluding tert-OH is 2. The van der Waals surface area contributed by atoms with E-state index < -0.39 is 12.1 Å². The van der Waals surface area contributed by atoms with E-state index in [1.54, 1.807) is 0 Å². The van der Waals surface area contributed by atoms with Crippen LogP contribution in [0.4, 0.5) is 0 Å². The van der Waals surface area contributed by atoms with Crippen molar-refractivity contribution in [2.45, 2.75) is 264 Å². The van der Waals surface area contributed by atoms with Crippen LogP contribution < -0.4 is 5.32 Å². The van der Waals surface area contributed by atoms with Gasteiger partial charge >= 0.3 is 0 Å². The van der Waals surface area contributed by atoms with Crippen molar-refractivity contribution in [2.24, 2.45) is 0 Å². The van der Waals surface area contributed by atoms with Crippen LogP contribution >= 0.6 is 0 Å². The van der Waals surface area contributed by atoms with Crippen molar-refractivity contribution in [2.75, 3.05) is 6.61 Å². The molecule has 342 valence electrons. The van der Waals surface area contributed by atoms with Crippen LogP contribution in [0, 0.1) is 0 Å². The van der Waals surface area contributed by atoms with E-state index in [1.165, 1.54) is 161 Å². The maximum Gasteiger partial charge on any atom is 0.220 e. The van der Waals surface area contributed by atoms with Crippen molar-refractivity contribution in [3.05, 3.63) is 72.9 Å². The predicted octanol–water partition coefficient (Wildman–Crippen LogP) is 16.6. The quantitative estimate of drug-likeness (QED) is 0.0423. The molecule has 0 aromatic carbocycles. The van der Waals surface area contributed by atoms with Crippen LogP contribution in [-0.4, -0.2) is 34.9 Å². The first-order chi connectivity index (χ1) is 29.2. The van der Waals surface area contributed by atoms with E-state index in [9.17, 15) is 15.0 Å². The number of unbranched alkanes of at least 4 members (excludes halogenated alkanes) is 27. The van der Waals surface area contributed by atoms with Gasteiger partial charge < -0.3 is 15.5 Å². The molecule has 0 saturated heterocycles. The Morgan fingerprint density at radius 2 is 0.746 bits per heavy atom. The summed E-state index contributed by atoms with van der Waals surface area (Å²) in [7, 11) is 0. The molecule has 0 bridgehead atoms. The van der Waals surface area contributed by atoms with Crippen LogP contribution in [-0.2, 0) is 4.79 Å². The maximum atomic E-state index is 12.4. The molecule has 0 spiro atoms. The monoisotopic (exact) mass is 822 g/mol. The Bertz CT molecular complexity index is 1020. The second kappa shape index (κ2) is 50.2. The van der Waals surface area contributed by atoms with Crippen LogP contribution in [0.5, 0.6) is 0 Å². The van der Waals surface area contributed by atoms with Crippen molar-refractivity contribution in [1.82, 2.24) is 5.32 Å². The molecule has 0 fully saturated rings. The van der Waals surface area contributed by atoms with E-state index in [-0.39, 0.29) is 12.5 Å². The third kappa shape index (κ3) is 46.7. The third-order valence-corrected chi connectivity index (χ3v) is 11.5. The topological polar surface area (TPSA) is 69.6 Å². The van der Waals surface area contributed by atoms with Crippen molar-refractivity contribution < 1.29 is 15.0 Å². The summed E-state index contributed by atoms with van der Waals surface area (Å²) < 4.78 is 0. The number of carbonyl (C=O) groups excluding carboxylic acids is 1. The van der Waals surface area contributed by atoms with Crippen LogP contribution in [0.15, 0.2) is 72.9 Å². The molecule has 0 aromatic rings. The van der Waals surface area contributed by atoms with Crippen LogP contribution in [0.1, 0.15) is 251 Å². The van der Waals surface area contributed by atoms with Gasteiger partial charge in [0.15, 0.2) is 0 Å². The van der Waals surface area contributed by atoms with Crippen molar-refractivity contribution in [3.63, 3.8) is 0 Å². The van der Waals surface area contributed by atoms with Gasteiger partial charge in [-0.2, -0.15) is 0 Å². The first-order valence-corrected chi connectivity index (χ1v) is 25.6.